The second kappa shape index (κ2) is 6.73. The third-order valence-electron chi connectivity index (χ3n) is 2.69. The van der Waals surface area contributed by atoms with Crippen LogP contribution in [0.5, 0.6) is 5.75 Å². The van der Waals surface area contributed by atoms with Gasteiger partial charge in [0.05, 0.1) is 12.7 Å². The first-order valence-electron chi connectivity index (χ1n) is 6.20. The van der Waals surface area contributed by atoms with Gasteiger partial charge in [-0.2, -0.15) is 16.6 Å². The minimum absolute atomic E-state index is 0.288. The van der Waals surface area contributed by atoms with Gasteiger partial charge < -0.3 is 10.1 Å². The van der Waals surface area contributed by atoms with E-state index in [2.05, 4.69) is 11.4 Å². The quantitative estimate of drug-likeness (QED) is 0.918. The second-order valence-electron chi connectivity index (χ2n) is 4.05. The highest BCUT2D eigenvalue weighted by atomic mass is 32.1. The number of hydrogen-bond donors (Lipinski definition) is 1. The van der Waals surface area contributed by atoms with E-state index in [4.69, 9.17) is 10.00 Å². The molecule has 0 spiro atoms. The Morgan fingerprint density at radius 3 is 3.00 bits per heavy atom. The molecule has 4 nitrogen and oxygen atoms in total. The molecule has 0 saturated carbocycles. The molecular formula is C15H14N2O2S. The van der Waals surface area contributed by atoms with Crippen molar-refractivity contribution >= 4 is 17.2 Å². The lowest BCUT2D eigenvalue weighted by molar-refractivity contribution is 0.0944. The molecule has 1 heterocycles. The fourth-order valence-corrected chi connectivity index (χ4v) is 2.42. The topological polar surface area (TPSA) is 62.1 Å². The minimum atomic E-state index is -0.635. The number of hydrogen-bond acceptors (Lipinski definition) is 4. The largest absolute Gasteiger partial charge is 0.494 e. The summed E-state index contributed by atoms with van der Waals surface area (Å²) in [4.78, 5) is 12.2. The molecule has 20 heavy (non-hydrogen) atoms. The summed E-state index contributed by atoms with van der Waals surface area (Å²) < 4.78 is 5.36. The standard InChI is InChI=1S/C15H14N2O2S/c1-2-19-13-5-3-4-11(8-13)15(18)17-14(9-16)12-6-7-20-10-12/h3-8,10,14H,2H2,1H3,(H,17,18). The van der Waals surface area contributed by atoms with Crippen LogP contribution in [0.15, 0.2) is 41.1 Å². The van der Waals surface area contributed by atoms with E-state index >= 15 is 0 Å². The third-order valence-corrected chi connectivity index (χ3v) is 3.39. The maximum Gasteiger partial charge on any atom is 0.252 e. The molecule has 5 heteroatoms. The molecule has 1 aromatic heterocycles. The zero-order valence-corrected chi connectivity index (χ0v) is 11.8. The van der Waals surface area contributed by atoms with Crippen LogP contribution in [0.25, 0.3) is 0 Å². The second-order valence-corrected chi connectivity index (χ2v) is 4.83. The van der Waals surface area contributed by atoms with E-state index in [1.807, 2.05) is 23.8 Å². The highest BCUT2D eigenvalue weighted by Crippen LogP contribution is 2.18. The first-order chi connectivity index (χ1) is 9.74. The summed E-state index contributed by atoms with van der Waals surface area (Å²) in [5.74, 6) is 0.355. The van der Waals surface area contributed by atoms with Crippen molar-refractivity contribution in [1.29, 1.82) is 5.26 Å². The summed E-state index contributed by atoms with van der Waals surface area (Å²) in [6, 6.07) is 10.2. The number of benzene rings is 1. The zero-order valence-electron chi connectivity index (χ0n) is 11.0. The Morgan fingerprint density at radius 2 is 2.35 bits per heavy atom. The number of nitrogens with zero attached hydrogens (tertiary/aromatic N) is 1. The number of thiophene rings is 1. The average Bonchev–Trinajstić information content (AvgIpc) is 2.99. The fraction of sp³-hybridized carbons (Fsp3) is 0.200. The van der Waals surface area contributed by atoms with Crippen LogP contribution >= 0.6 is 11.3 Å². The van der Waals surface area contributed by atoms with Crippen molar-refractivity contribution in [2.24, 2.45) is 0 Å². The normalized spacial score (nSPS) is 11.4. The molecule has 0 aliphatic rings. The van der Waals surface area contributed by atoms with E-state index in [0.29, 0.717) is 17.9 Å². The van der Waals surface area contributed by atoms with Crippen molar-refractivity contribution in [2.75, 3.05) is 6.61 Å². The van der Waals surface area contributed by atoms with Crippen molar-refractivity contribution < 1.29 is 9.53 Å². The van der Waals surface area contributed by atoms with Gasteiger partial charge in [0.25, 0.3) is 5.91 Å². The van der Waals surface area contributed by atoms with Crippen LogP contribution in [-0.2, 0) is 0 Å². The summed E-state index contributed by atoms with van der Waals surface area (Å²) in [7, 11) is 0. The molecule has 1 atom stereocenters. The minimum Gasteiger partial charge on any atom is -0.494 e. The number of carbonyl (C=O) groups excluding carboxylic acids is 1. The van der Waals surface area contributed by atoms with E-state index in [-0.39, 0.29) is 5.91 Å². The van der Waals surface area contributed by atoms with Gasteiger partial charge in [0.1, 0.15) is 11.8 Å². The predicted molar refractivity (Wildman–Crippen MR) is 77.8 cm³/mol. The Kier molecular flexibility index (Phi) is 4.75. The Hall–Kier alpha value is -2.32. The van der Waals surface area contributed by atoms with Gasteiger partial charge in [0.15, 0.2) is 0 Å². The molecule has 102 valence electrons. The fourth-order valence-electron chi connectivity index (χ4n) is 1.74. The van der Waals surface area contributed by atoms with Crippen LogP contribution in [0.2, 0.25) is 0 Å². The SMILES string of the molecule is CCOc1cccc(C(=O)NC(C#N)c2ccsc2)c1. The van der Waals surface area contributed by atoms with E-state index in [1.54, 1.807) is 24.3 Å². The molecule has 2 rings (SSSR count). The summed E-state index contributed by atoms with van der Waals surface area (Å²) in [5.41, 5.74) is 1.28. The van der Waals surface area contributed by atoms with Crippen molar-refractivity contribution in [3.8, 4) is 11.8 Å². The van der Waals surface area contributed by atoms with E-state index in [0.717, 1.165) is 5.56 Å². The maximum atomic E-state index is 12.2. The molecule has 0 aliphatic heterocycles. The molecule has 0 aliphatic carbocycles. The number of carbonyl (C=O) groups is 1. The highest BCUT2D eigenvalue weighted by Gasteiger charge is 2.15. The van der Waals surface area contributed by atoms with Crippen molar-refractivity contribution in [3.63, 3.8) is 0 Å². The van der Waals surface area contributed by atoms with Crippen LogP contribution in [0.4, 0.5) is 0 Å². The first kappa shape index (κ1) is 14.1. The molecule has 1 unspecified atom stereocenters. The molecule has 2 aromatic rings. The molecular weight excluding hydrogens is 272 g/mol. The summed E-state index contributed by atoms with van der Waals surface area (Å²) in [5, 5.41) is 15.6. The highest BCUT2D eigenvalue weighted by molar-refractivity contribution is 7.08. The van der Waals surface area contributed by atoms with Crippen LogP contribution in [0.1, 0.15) is 28.9 Å². The lowest BCUT2D eigenvalue weighted by Gasteiger charge is -2.11. The van der Waals surface area contributed by atoms with Crippen LogP contribution in [0.3, 0.4) is 0 Å². The molecule has 0 saturated heterocycles. The van der Waals surface area contributed by atoms with Crippen molar-refractivity contribution in [3.05, 3.63) is 52.2 Å². The van der Waals surface area contributed by atoms with E-state index < -0.39 is 6.04 Å². The number of ether oxygens (including phenoxy) is 1. The van der Waals surface area contributed by atoms with Gasteiger partial charge in [-0.05, 0) is 47.5 Å². The zero-order chi connectivity index (χ0) is 14.4. The van der Waals surface area contributed by atoms with Gasteiger partial charge in [-0.3, -0.25) is 4.79 Å². The van der Waals surface area contributed by atoms with Gasteiger partial charge in [-0.1, -0.05) is 6.07 Å². The van der Waals surface area contributed by atoms with Crippen LogP contribution in [-0.4, -0.2) is 12.5 Å². The lowest BCUT2D eigenvalue weighted by atomic mass is 10.1. The molecule has 1 amide bonds. The van der Waals surface area contributed by atoms with E-state index in [9.17, 15) is 4.79 Å². The number of rotatable bonds is 5. The van der Waals surface area contributed by atoms with Gasteiger partial charge in [-0.15, -0.1) is 0 Å². The van der Waals surface area contributed by atoms with Gasteiger partial charge in [0.2, 0.25) is 0 Å². The molecule has 1 aromatic carbocycles. The first-order valence-corrected chi connectivity index (χ1v) is 7.14. The monoisotopic (exact) mass is 286 g/mol. The smallest absolute Gasteiger partial charge is 0.252 e. The Labute approximate surface area is 121 Å². The predicted octanol–water partition coefficient (Wildman–Crippen LogP) is 3.14. The molecule has 1 N–H and O–H groups in total. The number of nitrogens with one attached hydrogen (secondary N) is 1. The van der Waals surface area contributed by atoms with Gasteiger partial charge in [0, 0.05) is 5.56 Å². The van der Waals surface area contributed by atoms with Gasteiger partial charge >= 0.3 is 0 Å². The lowest BCUT2D eigenvalue weighted by Crippen LogP contribution is -2.27. The summed E-state index contributed by atoms with van der Waals surface area (Å²) in [6.07, 6.45) is 0. The number of nitriles is 1. The van der Waals surface area contributed by atoms with Crippen molar-refractivity contribution in [1.82, 2.24) is 5.32 Å². The van der Waals surface area contributed by atoms with Gasteiger partial charge in [-0.25, -0.2) is 0 Å². The average molecular weight is 286 g/mol. The summed E-state index contributed by atoms with van der Waals surface area (Å²) in [6.45, 7) is 2.43. The molecule has 0 bridgehead atoms. The molecule has 0 radical (unpaired) electrons. The van der Waals surface area contributed by atoms with Crippen molar-refractivity contribution in [2.45, 2.75) is 13.0 Å². The Balaban J connectivity index is 2.11. The Bertz CT molecular complexity index is 617. The number of amides is 1. The Morgan fingerprint density at radius 1 is 1.50 bits per heavy atom. The maximum absolute atomic E-state index is 12.2. The van der Waals surface area contributed by atoms with Crippen LogP contribution < -0.4 is 10.1 Å². The molecule has 0 fully saturated rings. The van der Waals surface area contributed by atoms with Crippen LogP contribution in [0, 0.1) is 11.3 Å². The van der Waals surface area contributed by atoms with E-state index in [1.165, 1.54) is 11.3 Å². The third kappa shape index (κ3) is 3.37. The summed E-state index contributed by atoms with van der Waals surface area (Å²) >= 11 is 1.49.